The molecule has 0 radical (unpaired) electrons. The highest BCUT2D eigenvalue weighted by molar-refractivity contribution is 7.89. The minimum atomic E-state index is -4.20. The van der Waals surface area contributed by atoms with Gasteiger partial charge in [-0.3, -0.25) is 0 Å². The molecule has 1 saturated carbocycles. The summed E-state index contributed by atoms with van der Waals surface area (Å²) in [6, 6.07) is 1.36. The van der Waals surface area contributed by atoms with Gasteiger partial charge in [0.1, 0.15) is 16.3 Å². The maximum Gasteiger partial charge on any atom is 0.341 e. The maximum atomic E-state index is 13.9. The fourth-order valence-electron chi connectivity index (χ4n) is 2.19. The number of carboxylic acid groups (broad SMARTS) is 1. The van der Waals surface area contributed by atoms with E-state index in [1.807, 2.05) is 0 Å². The quantitative estimate of drug-likeness (QED) is 0.841. The Morgan fingerprint density at radius 2 is 2.00 bits per heavy atom. The second kappa shape index (κ2) is 6.07. The molecule has 0 aliphatic heterocycles. The minimum Gasteiger partial charge on any atom is -0.477 e. The van der Waals surface area contributed by atoms with Crippen LogP contribution in [0.5, 0.6) is 0 Å². The van der Waals surface area contributed by atoms with Gasteiger partial charge in [-0.15, -0.1) is 0 Å². The van der Waals surface area contributed by atoms with Crippen molar-refractivity contribution in [1.82, 2.24) is 4.72 Å². The normalized spacial score (nSPS) is 15.7. The third-order valence-corrected chi connectivity index (χ3v) is 5.11. The predicted octanol–water partition coefficient (Wildman–Crippen LogP) is 2.13. The van der Waals surface area contributed by atoms with Gasteiger partial charge in [-0.05, 0) is 24.5 Å². The molecule has 0 amide bonds. The lowest BCUT2D eigenvalue weighted by Gasteiger charge is -2.25. The SMILES string of the molecule is O=C(O)c1c(F)ccc(S(=O)(=O)NCCC2CCC2)c1F. The summed E-state index contributed by atoms with van der Waals surface area (Å²) < 4.78 is 53.3. The number of halogens is 2. The highest BCUT2D eigenvalue weighted by atomic mass is 32.2. The summed E-state index contributed by atoms with van der Waals surface area (Å²) in [5.74, 6) is -4.27. The molecule has 2 N–H and O–H groups in total. The Morgan fingerprint density at radius 3 is 2.52 bits per heavy atom. The third-order valence-electron chi connectivity index (χ3n) is 3.63. The number of carboxylic acids is 1. The van der Waals surface area contributed by atoms with E-state index in [4.69, 9.17) is 5.11 Å². The average molecular weight is 319 g/mol. The van der Waals surface area contributed by atoms with Crippen molar-refractivity contribution in [2.75, 3.05) is 6.54 Å². The highest BCUT2D eigenvalue weighted by Crippen LogP contribution is 2.29. The molecule has 2 rings (SSSR count). The Hall–Kier alpha value is -1.54. The van der Waals surface area contributed by atoms with Crippen LogP contribution in [-0.4, -0.2) is 26.0 Å². The van der Waals surface area contributed by atoms with Crippen molar-refractivity contribution >= 4 is 16.0 Å². The van der Waals surface area contributed by atoms with Crippen LogP contribution in [0.15, 0.2) is 17.0 Å². The van der Waals surface area contributed by atoms with Gasteiger partial charge in [0, 0.05) is 6.54 Å². The van der Waals surface area contributed by atoms with Crippen molar-refractivity contribution in [2.24, 2.45) is 5.92 Å². The van der Waals surface area contributed by atoms with E-state index in [9.17, 15) is 22.0 Å². The topological polar surface area (TPSA) is 83.5 Å². The van der Waals surface area contributed by atoms with Gasteiger partial charge < -0.3 is 5.11 Å². The van der Waals surface area contributed by atoms with Gasteiger partial charge in [-0.2, -0.15) is 0 Å². The van der Waals surface area contributed by atoms with Gasteiger partial charge in [0.2, 0.25) is 10.0 Å². The second-order valence-electron chi connectivity index (χ2n) is 5.02. The summed E-state index contributed by atoms with van der Waals surface area (Å²) in [7, 11) is -4.20. The molecule has 116 valence electrons. The van der Waals surface area contributed by atoms with Crippen molar-refractivity contribution in [3.8, 4) is 0 Å². The molecule has 5 nitrogen and oxygen atoms in total. The molecule has 1 aliphatic carbocycles. The van der Waals surface area contributed by atoms with E-state index in [1.54, 1.807) is 0 Å². The van der Waals surface area contributed by atoms with E-state index >= 15 is 0 Å². The first-order valence-corrected chi connectivity index (χ1v) is 8.02. The Labute approximate surface area is 121 Å². The molecule has 21 heavy (non-hydrogen) atoms. The van der Waals surface area contributed by atoms with Gasteiger partial charge in [0.25, 0.3) is 0 Å². The predicted molar refractivity (Wildman–Crippen MR) is 70.5 cm³/mol. The van der Waals surface area contributed by atoms with E-state index in [1.165, 1.54) is 0 Å². The molecule has 1 aliphatic rings. The number of carbonyl (C=O) groups is 1. The number of aromatic carboxylic acids is 1. The number of hydrogen-bond donors (Lipinski definition) is 2. The number of hydrogen-bond acceptors (Lipinski definition) is 3. The van der Waals surface area contributed by atoms with Crippen LogP contribution in [-0.2, 0) is 10.0 Å². The van der Waals surface area contributed by atoms with E-state index in [2.05, 4.69) is 4.72 Å². The second-order valence-corrected chi connectivity index (χ2v) is 6.76. The van der Waals surface area contributed by atoms with Gasteiger partial charge >= 0.3 is 5.97 Å². The highest BCUT2D eigenvalue weighted by Gasteiger charge is 2.27. The molecule has 0 bridgehead atoms. The molecule has 1 fully saturated rings. The summed E-state index contributed by atoms with van der Waals surface area (Å²) >= 11 is 0. The van der Waals surface area contributed by atoms with E-state index < -0.39 is 38.1 Å². The van der Waals surface area contributed by atoms with Crippen molar-refractivity contribution in [3.63, 3.8) is 0 Å². The molecule has 0 atom stereocenters. The minimum absolute atomic E-state index is 0.145. The van der Waals surface area contributed by atoms with Crippen molar-refractivity contribution in [3.05, 3.63) is 29.3 Å². The first-order chi connectivity index (χ1) is 9.83. The van der Waals surface area contributed by atoms with Crippen LogP contribution in [0.25, 0.3) is 0 Å². The number of benzene rings is 1. The fraction of sp³-hybridized carbons (Fsp3) is 0.462. The Kier molecular flexibility index (Phi) is 4.58. The van der Waals surface area contributed by atoms with Crippen LogP contribution >= 0.6 is 0 Å². The van der Waals surface area contributed by atoms with Crippen molar-refractivity contribution in [2.45, 2.75) is 30.6 Å². The lowest BCUT2D eigenvalue weighted by atomic mass is 9.83. The zero-order valence-electron chi connectivity index (χ0n) is 11.1. The molecule has 1 aromatic rings. The smallest absolute Gasteiger partial charge is 0.341 e. The lowest BCUT2D eigenvalue weighted by molar-refractivity contribution is 0.0685. The number of sulfonamides is 1. The monoisotopic (exact) mass is 319 g/mol. The van der Waals surface area contributed by atoms with Crippen LogP contribution in [0.4, 0.5) is 8.78 Å². The molecule has 1 aromatic carbocycles. The summed E-state index contributed by atoms with van der Waals surface area (Å²) in [4.78, 5) is 9.92. The summed E-state index contributed by atoms with van der Waals surface area (Å²) in [5, 5.41) is 8.73. The summed E-state index contributed by atoms with van der Waals surface area (Å²) in [6.45, 7) is 0.145. The zero-order valence-corrected chi connectivity index (χ0v) is 11.9. The first kappa shape index (κ1) is 15.8. The Balaban J connectivity index is 2.19. The fourth-order valence-corrected chi connectivity index (χ4v) is 3.32. The van der Waals surface area contributed by atoms with Crippen LogP contribution in [0.2, 0.25) is 0 Å². The van der Waals surface area contributed by atoms with E-state index in [0.717, 1.165) is 25.3 Å². The van der Waals surface area contributed by atoms with Crippen LogP contribution in [0.1, 0.15) is 36.0 Å². The molecule has 0 spiro atoms. The van der Waals surface area contributed by atoms with Crippen LogP contribution < -0.4 is 4.72 Å². The Morgan fingerprint density at radius 1 is 1.33 bits per heavy atom. The first-order valence-electron chi connectivity index (χ1n) is 6.54. The maximum absolute atomic E-state index is 13.9. The summed E-state index contributed by atoms with van der Waals surface area (Å²) in [6.07, 6.45) is 3.88. The van der Waals surface area contributed by atoms with Crippen molar-refractivity contribution in [1.29, 1.82) is 0 Å². The average Bonchev–Trinajstić information content (AvgIpc) is 2.31. The summed E-state index contributed by atoms with van der Waals surface area (Å²) in [5.41, 5.74) is -1.27. The number of rotatable bonds is 6. The molecule has 0 aromatic heterocycles. The van der Waals surface area contributed by atoms with E-state index in [0.29, 0.717) is 18.4 Å². The molecular weight excluding hydrogens is 304 g/mol. The van der Waals surface area contributed by atoms with Crippen LogP contribution in [0, 0.1) is 17.6 Å². The lowest BCUT2D eigenvalue weighted by Crippen LogP contribution is -2.28. The van der Waals surface area contributed by atoms with Crippen molar-refractivity contribution < 1.29 is 27.1 Å². The number of nitrogens with one attached hydrogen (secondary N) is 1. The van der Waals surface area contributed by atoms with Gasteiger partial charge in [-0.25, -0.2) is 26.7 Å². The van der Waals surface area contributed by atoms with E-state index in [-0.39, 0.29) is 6.54 Å². The molecule has 8 heteroatoms. The van der Waals surface area contributed by atoms with Gasteiger partial charge in [0.15, 0.2) is 5.82 Å². The molecule has 0 saturated heterocycles. The molecule has 0 unspecified atom stereocenters. The zero-order chi connectivity index (χ0) is 15.6. The van der Waals surface area contributed by atoms with Crippen LogP contribution in [0.3, 0.4) is 0 Å². The largest absolute Gasteiger partial charge is 0.477 e. The third kappa shape index (κ3) is 3.38. The molecular formula is C13H15F2NO4S. The van der Waals surface area contributed by atoms with Gasteiger partial charge in [-0.1, -0.05) is 19.3 Å². The Bertz CT molecular complexity index is 656. The molecule has 0 heterocycles. The van der Waals surface area contributed by atoms with Gasteiger partial charge in [0.05, 0.1) is 0 Å². The standard InChI is InChI=1S/C13H15F2NO4S/c14-9-4-5-10(12(15)11(9)13(17)18)21(19,20)16-7-6-8-2-1-3-8/h4-5,8,16H,1-3,6-7H2,(H,17,18).